The van der Waals surface area contributed by atoms with Crippen LogP contribution in [0.3, 0.4) is 0 Å². The summed E-state index contributed by atoms with van der Waals surface area (Å²) >= 11 is 6.11. The number of aryl methyl sites for hydroxylation is 1. The average molecular weight is 533 g/mol. The Hall–Kier alpha value is -3.43. The Morgan fingerprint density at radius 3 is 2.28 bits per heavy atom. The SMILES string of the molecule is COc1ccc(S(=O)(=O)N(CC(=O)NCCCc2ccc(OC)c(OC)c2)c2cccc(Cl)c2)cc1. The van der Waals surface area contributed by atoms with Gasteiger partial charge in [-0.25, -0.2) is 8.42 Å². The zero-order chi connectivity index (χ0) is 26.1. The maximum absolute atomic E-state index is 13.4. The van der Waals surface area contributed by atoms with Gasteiger partial charge in [-0.15, -0.1) is 0 Å². The standard InChI is InChI=1S/C26H29ClN2O6S/c1-33-22-10-12-23(13-11-22)36(31,32)29(21-8-4-7-20(27)17-21)18-26(30)28-15-5-6-19-9-14-24(34-2)25(16-19)35-3/h4,7-14,16-17H,5-6,15,18H2,1-3H3,(H,28,30). The summed E-state index contributed by atoms with van der Waals surface area (Å²) in [5, 5.41) is 3.17. The molecule has 3 aromatic rings. The number of anilines is 1. The van der Waals surface area contributed by atoms with Crippen molar-refractivity contribution >= 4 is 33.2 Å². The third kappa shape index (κ3) is 6.83. The summed E-state index contributed by atoms with van der Waals surface area (Å²) in [6.45, 7) is -0.0236. The van der Waals surface area contributed by atoms with Crippen LogP contribution in [0.4, 0.5) is 5.69 Å². The predicted octanol–water partition coefficient (Wildman–Crippen LogP) is 4.31. The van der Waals surface area contributed by atoms with Crippen LogP contribution < -0.4 is 23.8 Å². The average Bonchev–Trinajstić information content (AvgIpc) is 2.89. The smallest absolute Gasteiger partial charge is 0.264 e. The minimum Gasteiger partial charge on any atom is -0.497 e. The Bertz CT molecular complexity index is 1280. The van der Waals surface area contributed by atoms with Crippen molar-refractivity contribution < 1.29 is 27.4 Å². The zero-order valence-electron chi connectivity index (χ0n) is 20.4. The molecule has 192 valence electrons. The van der Waals surface area contributed by atoms with Gasteiger partial charge in [0.25, 0.3) is 10.0 Å². The van der Waals surface area contributed by atoms with Gasteiger partial charge in [0, 0.05) is 11.6 Å². The van der Waals surface area contributed by atoms with Gasteiger partial charge in [-0.2, -0.15) is 0 Å². The third-order valence-electron chi connectivity index (χ3n) is 5.44. The number of halogens is 1. The number of hydrogen-bond donors (Lipinski definition) is 1. The van der Waals surface area contributed by atoms with Crippen molar-refractivity contribution in [3.8, 4) is 17.2 Å². The molecule has 0 saturated heterocycles. The van der Waals surface area contributed by atoms with Crippen LogP contribution in [0.1, 0.15) is 12.0 Å². The van der Waals surface area contributed by atoms with E-state index >= 15 is 0 Å². The fourth-order valence-electron chi connectivity index (χ4n) is 3.56. The maximum Gasteiger partial charge on any atom is 0.264 e. The van der Waals surface area contributed by atoms with Crippen LogP contribution in [0.2, 0.25) is 5.02 Å². The number of carbonyl (C=O) groups excluding carboxylic acids is 1. The van der Waals surface area contributed by atoms with E-state index in [0.29, 0.717) is 47.3 Å². The molecule has 0 aliphatic carbocycles. The Labute approximate surface area is 216 Å². The van der Waals surface area contributed by atoms with E-state index in [1.165, 1.54) is 25.3 Å². The molecular weight excluding hydrogens is 504 g/mol. The fourth-order valence-corrected chi connectivity index (χ4v) is 5.16. The molecule has 0 saturated carbocycles. The second kappa shape index (κ2) is 12.5. The van der Waals surface area contributed by atoms with Crippen LogP contribution in [0.15, 0.2) is 71.6 Å². The highest BCUT2D eigenvalue weighted by atomic mass is 35.5. The number of nitrogens with zero attached hydrogens (tertiary/aromatic N) is 1. The lowest BCUT2D eigenvalue weighted by Crippen LogP contribution is -2.41. The van der Waals surface area contributed by atoms with Crippen LogP contribution in [0, 0.1) is 0 Å². The molecular formula is C26H29ClN2O6S. The van der Waals surface area contributed by atoms with Gasteiger partial charge in [-0.1, -0.05) is 23.7 Å². The molecule has 0 unspecified atom stereocenters. The topological polar surface area (TPSA) is 94.2 Å². The monoisotopic (exact) mass is 532 g/mol. The molecule has 3 rings (SSSR count). The summed E-state index contributed by atoms with van der Waals surface area (Å²) in [5.41, 5.74) is 1.32. The Morgan fingerprint density at radius 1 is 0.917 bits per heavy atom. The number of nitrogens with one attached hydrogen (secondary N) is 1. The highest BCUT2D eigenvalue weighted by Gasteiger charge is 2.27. The summed E-state index contributed by atoms with van der Waals surface area (Å²) in [6, 6.07) is 18.0. The number of methoxy groups -OCH3 is 3. The summed E-state index contributed by atoms with van der Waals surface area (Å²) in [4.78, 5) is 12.8. The van der Waals surface area contributed by atoms with Crippen molar-refractivity contribution in [1.29, 1.82) is 0 Å². The lowest BCUT2D eigenvalue weighted by atomic mass is 10.1. The molecule has 1 amide bonds. The molecule has 0 aliphatic heterocycles. The molecule has 0 radical (unpaired) electrons. The van der Waals surface area contributed by atoms with Crippen molar-refractivity contribution in [2.24, 2.45) is 0 Å². The van der Waals surface area contributed by atoms with Crippen LogP contribution in [0.5, 0.6) is 17.2 Å². The minimum absolute atomic E-state index is 0.0320. The van der Waals surface area contributed by atoms with Crippen molar-refractivity contribution in [1.82, 2.24) is 5.32 Å². The van der Waals surface area contributed by atoms with Gasteiger partial charge in [0.15, 0.2) is 11.5 Å². The van der Waals surface area contributed by atoms with Crippen molar-refractivity contribution in [2.75, 3.05) is 38.7 Å². The number of carbonyl (C=O) groups is 1. The molecule has 36 heavy (non-hydrogen) atoms. The normalized spacial score (nSPS) is 11.0. The van der Waals surface area contributed by atoms with E-state index in [1.54, 1.807) is 44.6 Å². The Balaban J connectivity index is 1.69. The number of benzene rings is 3. The second-order valence-electron chi connectivity index (χ2n) is 7.81. The van der Waals surface area contributed by atoms with E-state index in [0.717, 1.165) is 9.87 Å². The highest BCUT2D eigenvalue weighted by molar-refractivity contribution is 7.92. The van der Waals surface area contributed by atoms with Gasteiger partial charge in [0.2, 0.25) is 5.91 Å². The molecule has 0 atom stereocenters. The maximum atomic E-state index is 13.4. The van der Waals surface area contributed by atoms with Crippen molar-refractivity contribution in [3.05, 3.63) is 77.3 Å². The molecule has 8 nitrogen and oxygen atoms in total. The van der Waals surface area contributed by atoms with Gasteiger partial charge < -0.3 is 19.5 Å². The van der Waals surface area contributed by atoms with Crippen LogP contribution >= 0.6 is 11.6 Å². The summed E-state index contributed by atoms with van der Waals surface area (Å²) < 4.78 is 43.6. The van der Waals surface area contributed by atoms with Gasteiger partial charge in [0.05, 0.1) is 31.9 Å². The van der Waals surface area contributed by atoms with Gasteiger partial charge in [-0.3, -0.25) is 9.10 Å². The second-order valence-corrected chi connectivity index (χ2v) is 10.1. The number of ether oxygens (including phenoxy) is 3. The van der Waals surface area contributed by atoms with E-state index < -0.39 is 22.5 Å². The molecule has 0 aliphatic rings. The zero-order valence-corrected chi connectivity index (χ0v) is 21.9. The lowest BCUT2D eigenvalue weighted by Gasteiger charge is -2.24. The van der Waals surface area contributed by atoms with Gasteiger partial charge >= 0.3 is 0 Å². The van der Waals surface area contributed by atoms with Gasteiger partial charge in [0.1, 0.15) is 12.3 Å². The first-order chi connectivity index (χ1) is 17.3. The Morgan fingerprint density at radius 2 is 1.64 bits per heavy atom. The number of rotatable bonds is 12. The Kier molecular flexibility index (Phi) is 9.44. The minimum atomic E-state index is -4.05. The first-order valence-electron chi connectivity index (χ1n) is 11.2. The largest absolute Gasteiger partial charge is 0.497 e. The van der Waals surface area contributed by atoms with Crippen molar-refractivity contribution in [2.45, 2.75) is 17.7 Å². The number of sulfonamides is 1. The molecule has 1 N–H and O–H groups in total. The first-order valence-corrected chi connectivity index (χ1v) is 13.0. The van der Waals surface area contributed by atoms with Gasteiger partial charge in [-0.05, 0) is 73.0 Å². The highest BCUT2D eigenvalue weighted by Crippen LogP contribution is 2.28. The van der Waals surface area contributed by atoms with E-state index in [4.69, 9.17) is 25.8 Å². The molecule has 3 aromatic carbocycles. The molecule has 0 aromatic heterocycles. The van der Waals surface area contributed by atoms with E-state index in [9.17, 15) is 13.2 Å². The first kappa shape index (κ1) is 27.2. The number of hydrogen-bond acceptors (Lipinski definition) is 6. The molecule has 0 fully saturated rings. The quantitative estimate of drug-likeness (QED) is 0.349. The van der Waals surface area contributed by atoms with E-state index in [-0.39, 0.29) is 4.90 Å². The van der Waals surface area contributed by atoms with Crippen molar-refractivity contribution in [3.63, 3.8) is 0 Å². The molecule has 0 bridgehead atoms. The lowest BCUT2D eigenvalue weighted by molar-refractivity contribution is -0.119. The van der Waals surface area contributed by atoms with E-state index in [1.807, 2.05) is 18.2 Å². The van der Waals surface area contributed by atoms with Crippen LogP contribution in [-0.4, -0.2) is 48.7 Å². The van der Waals surface area contributed by atoms with E-state index in [2.05, 4.69) is 5.32 Å². The summed E-state index contributed by atoms with van der Waals surface area (Å²) in [5.74, 6) is 1.38. The summed E-state index contributed by atoms with van der Waals surface area (Å²) in [7, 11) is 0.606. The molecule has 10 heteroatoms. The predicted molar refractivity (Wildman–Crippen MR) is 140 cm³/mol. The third-order valence-corrected chi connectivity index (χ3v) is 7.47. The van der Waals surface area contributed by atoms with Crippen LogP contribution in [0.25, 0.3) is 0 Å². The summed E-state index contributed by atoms with van der Waals surface area (Å²) in [6.07, 6.45) is 1.35. The number of amides is 1. The molecule has 0 spiro atoms. The fraction of sp³-hybridized carbons (Fsp3) is 0.269. The molecule has 0 heterocycles. The van der Waals surface area contributed by atoms with Crippen LogP contribution in [-0.2, 0) is 21.2 Å².